The number of amides is 1. The molecule has 2 atom stereocenters. The average molecular weight is 234 g/mol. The molecule has 2 rings (SSSR count). The van der Waals surface area contributed by atoms with Crippen LogP contribution in [0.4, 0.5) is 0 Å². The summed E-state index contributed by atoms with van der Waals surface area (Å²) in [4.78, 5) is 11.6. The number of aliphatic hydroxyl groups is 5. The third-order valence-corrected chi connectivity index (χ3v) is 2.62. The van der Waals surface area contributed by atoms with Gasteiger partial charge in [-0.3, -0.25) is 10.0 Å². The molecule has 16 heavy (non-hydrogen) atoms. The number of rotatable bonds is 0. The highest BCUT2D eigenvalue weighted by Crippen LogP contribution is 2.43. The SMILES string of the molecule is CC1(O)C(=O)N2C(=C(O)C(O)C2(O)O)N1O. The van der Waals surface area contributed by atoms with Gasteiger partial charge in [0.05, 0.1) is 0 Å². The first-order valence-corrected chi connectivity index (χ1v) is 4.25. The van der Waals surface area contributed by atoms with E-state index in [0.717, 1.165) is 6.92 Å². The Kier molecular flexibility index (Phi) is 1.84. The van der Waals surface area contributed by atoms with Gasteiger partial charge in [0.25, 0.3) is 11.8 Å². The standard InChI is InChI=1S/C7H10N2O7/c1-6(13)5(12)8-4(9(6)16)2(10)3(11)7(8,14)15/h3,10-11,13-16H,1H3. The molecule has 1 fully saturated rings. The van der Waals surface area contributed by atoms with Gasteiger partial charge < -0.3 is 25.5 Å². The predicted molar refractivity (Wildman–Crippen MR) is 43.9 cm³/mol. The lowest BCUT2D eigenvalue weighted by Gasteiger charge is -2.28. The van der Waals surface area contributed by atoms with Gasteiger partial charge in [-0.25, -0.2) is 4.90 Å². The number of hydrogen-bond acceptors (Lipinski definition) is 8. The summed E-state index contributed by atoms with van der Waals surface area (Å²) in [6.07, 6.45) is -2.18. The van der Waals surface area contributed by atoms with Crippen molar-refractivity contribution in [2.75, 3.05) is 0 Å². The summed E-state index contributed by atoms with van der Waals surface area (Å²) in [6.45, 7) is 0.885. The first-order chi connectivity index (χ1) is 7.13. The number of hydrogen-bond donors (Lipinski definition) is 6. The lowest BCUT2D eigenvalue weighted by molar-refractivity contribution is -0.277. The van der Waals surface area contributed by atoms with E-state index in [1.165, 1.54) is 0 Å². The van der Waals surface area contributed by atoms with E-state index in [1.54, 1.807) is 0 Å². The van der Waals surface area contributed by atoms with Crippen molar-refractivity contribution in [1.82, 2.24) is 9.96 Å². The Labute approximate surface area is 88.6 Å². The Balaban J connectivity index is 2.62. The fourth-order valence-electron chi connectivity index (χ4n) is 1.66. The van der Waals surface area contributed by atoms with E-state index in [4.69, 9.17) is 0 Å². The zero-order chi connectivity index (χ0) is 12.5. The molecule has 0 aromatic rings. The smallest absolute Gasteiger partial charge is 0.289 e. The Morgan fingerprint density at radius 3 is 2.25 bits per heavy atom. The summed E-state index contributed by atoms with van der Waals surface area (Å²) < 4.78 is 0. The van der Waals surface area contributed by atoms with Crippen molar-refractivity contribution >= 4 is 5.91 Å². The minimum absolute atomic E-state index is 0.0535. The maximum Gasteiger partial charge on any atom is 0.289 e. The monoisotopic (exact) mass is 234 g/mol. The second-order valence-corrected chi connectivity index (χ2v) is 3.77. The van der Waals surface area contributed by atoms with Crippen LogP contribution < -0.4 is 0 Å². The molecular weight excluding hydrogens is 224 g/mol. The molecule has 6 N–H and O–H groups in total. The van der Waals surface area contributed by atoms with Crippen molar-refractivity contribution in [2.24, 2.45) is 0 Å². The van der Waals surface area contributed by atoms with Gasteiger partial charge in [-0.15, -0.1) is 0 Å². The number of hydroxylamine groups is 2. The zero-order valence-electron chi connectivity index (χ0n) is 8.06. The highest BCUT2D eigenvalue weighted by atomic mass is 16.6. The molecule has 0 aliphatic carbocycles. The number of carbonyl (C=O) groups excluding carboxylic acids is 1. The van der Waals surface area contributed by atoms with Gasteiger partial charge in [0.2, 0.25) is 5.72 Å². The van der Waals surface area contributed by atoms with Gasteiger partial charge in [-0.2, -0.15) is 5.06 Å². The number of nitrogens with zero attached hydrogens (tertiary/aromatic N) is 2. The summed E-state index contributed by atoms with van der Waals surface area (Å²) in [6, 6.07) is 0. The molecule has 0 aromatic heterocycles. The van der Waals surface area contributed by atoms with E-state index >= 15 is 0 Å². The molecule has 2 aliphatic rings. The number of carbonyl (C=O) groups is 1. The van der Waals surface area contributed by atoms with Gasteiger partial charge in [-0.05, 0) is 6.92 Å². The van der Waals surface area contributed by atoms with Crippen LogP contribution in [0.1, 0.15) is 6.92 Å². The topological polar surface area (TPSA) is 145 Å². The van der Waals surface area contributed by atoms with E-state index < -0.39 is 35.2 Å². The number of aliphatic hydroxyl groups excluding tert-OH is 2. The Bertz CT molecular complexity index is 402. The van der Waals surface area contributed by atoms with E-state index in [0.29, 0.717) is 0 Å². The fraction of sp³-hybridized carbons (Fsp3) is 0.571. The van der Waals surface area contributed by atoms with Crippen LogP contribution in [0.5, 0.6) is 0 Å². The van der Waals surface area contributed by atoms with Crippen LogP contribution in [0.25, 0.3) is 0 Å². The lowest BCUT2D eigenvalue weighted by Crippen LogP contribution is -2.56. The quantitative estimate of drug-likeness (QED) is 0.243. The van der Waals surface area contributed by atoms with Crippen LogP contribution in [0.3, 0.4) is 0 Å². The van der Waals surface area contributed by atoms with E-state index in [2.05, 4.69) is 0 Å². The summed E-state index contributed by atoms with van der Waals surface area (Å²) in [7, 11) is 0. The molecule has 2 unspecified atom stereocenters. The Morgan fingerprint density at radius 1 is 1.31 bits per heavy atom. The van der Waals surface area contributed by atoms with Crippen molar-refractivity contribution in [1.29, 1.82) is 0 Å². The zero-order valence-corrected chi connectivity index (χ0v) is 8.06. The van der Waals surface area contributed by atoms with Crippen molar-refractivity contribution < 1.29 is 35.5 Å². The molecule has 90 valence electrons. The molecule has 9 heteroatoms. The van der Waals surface area contributed by atoms with Gasteiger partial charge in [0.15, 0.2) is 17.7 Å². The van der Waals surface area contributed by atoms with Crippen LogP contribution in [0.15, 0.2) is 11.6 Å². The fourth-order valence-corrected chi connectivity index (χ4v) is 1.66. The van der Waals surface area contributed by atoms with Gasteiger partial charge >= 0.3 is 0 Å². The van der Waals surface area contributed by atoms with E-state index in [9.17, 15) is 35.5 Å². The maximum absolute atomic E-state index is 11.5. The van der Waals surface area contributed by atoms with Crippen LogP contribution in [-0.2, 0) is 4.79 Å². The molecule has 1 saturated heterocycles. The van der Waals surface area contributed by atoms with Crippen molar-refractivity contribution in [3.8, 4) is 0 Å². The normalized spacial score (nSPS) is 37.4. The first-order valence-electron chi connectivity index (χ1n) is 4.25. The molecule has 0 saturated carbocycles. The van der Waals surface area contributed by atoms with Crippen molar-refractivity contribution in [3.63, 3.8) is 0 Å². The van der Waals surface area contributed by atoms with E-state index in [1.807, 2.05) is 0 Å². The first kappa shape index (κ1) is 11.1. The Hall–Kier alpha value is -1.39. The highest BCUT2D eigenvalue weighted by molar-refractivity contribution is 5.89. The lowest BCUT2D eigenvalue weighted by atomic mass is 10.2. The predicted octanol–water partition coefficient (Wildman–Crippen LogP) is -3.03. The molecule has 0 bridgehead atoms. The van der Waals surface area contributed by atoms with Crippen molar-refractivity contribution in [3.05, 3.63) is 11.6 Å². The average Bonchev–Trinajstić information content (AvgIpc) is 2.46. The van der Waals surface area contributed by atoms with Crippen LogP contribution in [0.2, 0.25) is 0 Å². The molecule has 0 aromatic carbocycles. The molecule has 9 nitrogen and oxygen atoms in total. The number of fused-ring (bicyclic) bond motifs is 1. The third kappa shape index (κ3) is 0.936. The molecule has 2 aliphatic heterocycles. The molecular formula is C7H10N2O7. The molecule has 2 heterocycles. The molecule has 1 amide bonds. The van der Waals surface area contributed by atoms with Gasteiger partial charge in [0, 0.05) is 0 Å². The minimum Gasteiger partial charge on any atom is -0.506 e. The third-order valence-electron chi connectivity index (χ3n) is 2.62. The minimum atomic E-state index is -3.11. The van der Waals surface area contributed by atoms with E-state index in [-0.39, 0.29) is 9.96 Å². The van der Waals surface area contributed by atoms with Crippen molar-refractivity contribution in [2.45, 2.75) is 24.7 Å². The maximum atomic E-state index is 11.5. The Morgan fingerprint density at radius 2 is 1.81 bits per heavy atom. The second kappa shape index (κ2) is 2.64. The van der Waals surface area contributed by atoms with Crippen LogP contribution in [-0.4, -0.2) is 64.4 Å². The summed E-state index contributed by atoms with van der Waals surface area (Å²) in [5, 5.41) is 56.2. The van der Waals surface area contributed by atoms with Gasteiger partial charge in [-0.1, -0.05) is 0 Å². The highest BCUT2D eigenvalue weighted by Gasteiger charge is 2.66. The summed E-state index contributed by atoms with van der Waals surface area (Å²) in [5.41, 5.74) is -2.44. The van der Waals surface area contributed by atoms with Crippen LogP contribution >= 0.6 is 0 Å². The summed E-state index contributed by atoms with van der Waals surface area (Å²) in [5.74, 6) is -6.21. The summed E-state index contributed by atoms with van der Waals surface area (Å²) >= 11 is 0. The van der Waals surface area contributed by atoms with Crippen LogP contribution in [0, 0.1) is 0 Å². The second-order valence-electron chi connectivity index (χ2n) is 3.77. The van der Waals surface area contributed by atoms with Gasteiger partial charge in [0.1, 0.15) is 0 Å². The molecule has 0 spiro atoms. The molecule has 0 radical (unpaired) electrons. The largest absolute Gasteiger partial charge is 0.506 e.